The lowest BCUT2D eigenvalue weighted by atomic mass is 10.2. The second-order valence-electron chi connectivity index (χ2n) is 4.13. The number of benzene rings is 1. The van der Waals surface area contributed by atoms with E-state index in [1.165, 1.54) is 30.3 Å². The summed E-state index contributed by atoms with van der Waals surface area (Å²) in [6.07, 6.45) is 0. The van der Waals surface area contributed by atoms with Gasteiger partial charge in [0.1, 0.15) is 11.4 Å². The van der Waals surface area contributed by atoms with E-state index in [0.717, 1.165) is 0 Å². The molecule has 0 saturated carbocycles. The number of carbonyl (C=O) groups is 1. The van der Waals surface area contributed by atoms with Gasteiger partial charge in [-0.3, -0.25) is 9.59 Å². The Kier molecular flexibility index (Phi) is 4.65. The number of alkyl halides is 2. The van der Waals surface area contributed by atoms with Gasteiger partial charge in [0, 0.05) is 12.6 Å². The molecule has 1 amide bonds. The quantitative estimate of drug-likeness (QED) is 0.885. The summed E-state index contributed by atoms with van der Waals surface area (Å²) < 4.78 is 28.2. The lowest BCUT2D eigenvalue weighted by Gasteiger charge is -2.07. The molecule has 2 N–H and O–H groups in total. The number of pyridine rings is 1. The first-order valence-corrected chi connectivity index (χ1v) is 6.06. The highest BCUT2D eigenvalue weighted by Crippen LogP contribution is 2.14. The van der Waals surface area contributed by atoms with Crippen LogP contribution in [0.5, 0.6) is 5.75 Å². The Morgan fingerprint density at radius 1 is 1.19 bits per heavy atom. The first-order chi connectivity index (χ1) is 10.0. The largest absolute Gasteiger partial charge is 0.435 e. The van der Waals surface area contributed by atoms with Gasteiger partial charge in [0.25, 0.3) is 5.91 Å². The van der Waals surface area contributed by atoms with Gasteiger partial charge in [-0.1, -0.05) is 18.2 Å². The van der Waals surface area contributed by atoms with E-state index in [2.05, 4.69) is 15.0 Å². The number of halogens is 2. The van der Waals surface area contributed by atoms with Crippen LogP contribution in [-0.4, -0.2) is 17.5 Å². The number of aromatic amines is 1. The molecule has 0 radical (unpaired) electrons. The van der Waals surface area contributed by atoms with E-state index < -0.39 is 12.5 Å². The summed E-state index contributed by atoms with van der Waals surface area (Å²) in [4.78, 5) is 25.3. The van der Waals surface area contributed by atoms with Crippen LogP contribution in [0.3, 0.4) is 0 Å². The van der Waals surface area contributed by atoms with Crippen LogP contribution in [0.15, 0.2) is 47.3 Å². The normalized spacial score (nSPS) is 10.4. The van der Waals surface area contributed by atoms with Crippen LogP contribution < -0.4 is 15.6 Å². The van der Waals surface area contributed by atoms with Crippen molar-refractivity contribution in [1.29, 1.82) is 0 Å². The average Bonchev–Trinajstić information content (AvgIpc) is 2.45. The fraction of sp³-hybridized carbons (Fsp3) is 0.143. The van der Waals surface area contributed by atoms with Crippen molar-refractivity contribution in [1.82, 2.24) is 10.3 Å². The summed E-state index contributed by atoms with van der Waals surface area (Å²) >= 11 is 0. The van der Waals surface area contributed by atoms with Crippen LogP contribution in [0.25, 0.3) is 0 Å². The minimum atomic E-state index is -2.87. The molecular weight excluding hydrogens is 282 g/mol. The van der Waals surface area contributed by atoms with Gasteiger partial charge in [-0.15, -0.1) is 0 Å². The SMILES string of the molecule is O=C(NCc1ccc(OC(F)F)cc1)c1cccc(=O)[nH]1. The van der Waals surface area contributed by atoms with Gasteiger partial charge in [-0.2, -0.15) is 8.78 Å². The van der Waals surface area contributed by atoms with Crippen molar-refractivity contribution in [2.45, 2.75) is 13.2 Å². The molecule has 1 aromatic heterocycles. The van der Waals surface area contributed by atoms with E-state index in [4.69, 9.17) is 0 Å². The summed E-state index contributed by atoms with van der Waals surface area (Å²) in [5, 5.41) is 2.60. The molecule has 0 aliphatic carbocycles. The molecule has 0 saturated heterocycles. The monoisotopic (exact) mass is 294 g/mol. The van der Waals surface area contributed by atoms with E-state index in [1.807, 2.05) is 0 Å². The standard InChI is InChI=1S/C14H12F2N2O3/c15-14(16)21-10-6-4-9(5-7-10)8-17-13(20)11-2-1-3-12(19)18-11/h1-7,14H,8H2,(H,17,20)(H,18,19). The van der Waals surface area contributed by atoms with Gasteiger partial charge >= 0.3 is 6.61 Å². The Morgan fingerprint density at radius 3 is 2.52 bits per heavy atom. The molecule has 1 heterocycles. The maximum absolute atomic E-state index is 12.0. The van der Waals surface area contributed by atoms with Crippen LogP contribution in [0.1, 0.15) is 16.1 Å². The molecule has 0 unspecified atom stereocenters. The summed E-state index contributed by atoms with van der Waals surface area (Å²) in [6.45, 7) is -2.67. The van der Waals surface area contributed by atoms with Crippen molar-refractivity contribution >= 4 is 5.91 Å². The lowest BCUT2D eigenvalue weighted by molar-refractivity contribution is -0.0498. The van der Waals surface area contributed by atoms with Gasteiger partial charge in [0.15, 0.2) is 0 Å². The minimum Gasteiger partial charge on any atom is -0.435 e. The fourth-order valence-corrected chi connectivity index (χ4v) is 1.65. The summed E-state index contributed by atoms with van der Waals surface area (Å²) in [7, 11) is 0. The smallest absolute Gasteiger partial charge is 0.387 e. The minimum absolute atomic E-state index is 0.0486. The van der Waals surface area contributed by atoms with Crippen molar-refractivity contribution in [3.05, 3.63) is 64.1 Å². The highest BCUT2D eigenvalue weighted by Gasteiger charge is 2.07. The van der Waals surface area contributed by atoms with E-state index in [-0.39, 0.29) is 23.5 Å². The summed E-state index contributed by atoms with van der Waals surface area (Å²) in [5.74, 6) is -0.381. The predicted molar refractivity (Wildman–Crippen MR) is 71.3 cm³/mol. The van der Waals surface area contributed by atoms with Gasteiger partial charge in [-0.05, 0) is 23.8 Å². The zero-order valence-electron chi connectivity index (χ0n) is 10.8. The van der Waals surface area contributed by atoms with Crippen molar-refractivity contribution < 1.29 is 18.3 Å². The molecular formula is C14H12F2N2O3. The topological polar surface area (TPSA) is 71.2 Å². The number of hydrogen-bond acceptors (Lipinski definition) is 3. The number of H-pyrrole nitrogens is 1. The molecule has 5 nitrogen and oxygen atoms in total. The molecule has 0 spiro atoms. The molecule has 21 heavy (non-hydrogen) atoms. The molecule has 0 aliphatic heterocycles. The number of carbonyl (C=O) groups excluding carboxylic acids is 1. The summed E-state index contributed by atoms with van der Waals surface area (Å²) in [6, 6.07) is 10.2. The highest BCUT2D eigenvalue weighted by molar-refractivity contribution is 5.92. The Morgan fingerprint density at radius 2 is 1.90 bits per heavy atom. The molecule has 0 fully saturated rings. The average molecular weight is 294 g/mol. The maximum atomic E-state index is 12.0. The number of rotatable bonds is 5. The van der Waals surface area contributed by atoms with E-state index in [1.54, 1.807) is 12.1 Å². The molecule has 0 bridgehead atoms. The molecule has 2 aromatic rings. The van der Waals surface area contributed by atoms with E-state index in [0.29, 0.717) is 5.56 Å². The Balaban J connectivity index is 1.93. The van der Waals surface area contributed by atoms with Crippen LogP contribution in [0.2, 0.25) is 0 Å². The first kappa shape index (κ1) is 14.7. The molecule has 1 aromatic carbocycles. The van der Waals surface area contributed by atoms with Gasteiger partial charge < -0.3 is 15.0 Å². The third-order valence-electron chi connectivity index (χ3n) is 2.61. The van der Waals surface area contributed by atoms with Crippen molar-refractivity contribution in [2.75, 3.05) is 0 Å². The molecule has 7 heteroatoms. The Hall–Kier alpha value is -2.70. The predicted octanol–water partition coefficient (Wildman–Crippen LogP) is 1.91. The van der Waals surface area contributed by atoms with Crippen LogP contribution in [-0.2, 0) is 6.54 Å². The number of ether oxygens (including phenoxy) is 1. The molecule has 0 aliphatic rings. The van der Waals surface area contributed by atoms with E-state index >= 15 is 0 Å². The van der Waals surface area contributed by atoms with E-state index in [9.17, 15) is 18.4 Å². The van der Waals surface area contributed by atoms with Crippen LogP contribution in [0, 0.1) is 0 Å². The third kappa shape index (κ3) is 4.41. The van der Waals surface area contributed by atoms with Crippen molar-refractivity contribution in [3.8, 4) is 5.75 Å². The summed E-state index contributed by atoms with van der Waals surface area (Å²) in [5.41, 5.74) is 0.500. The van der Waals surface area contributed by atoms with Crippen LogP contribution in [0.4, 0.5) is 8.78 Å². The van der Waals surface area contributed by atoms with Crippen molar-refractivity contribution in [2.24, 2.45) is 0 Å². The van der Waals surface area contributed by atoms with Crippen molar-refractivity contribution in [3.63, 3.8) is 0 Å². The molecule has 110 valence electrons. The third-order valence-corrected chi connectivity index (χ3v) is 2.61. The molecule has 2 rings (SSSR count). The number of hydrogen-bond donors (Lipinski definition) is 2. The molecule has 0 atom stereocenters. The maximum Gasteiger partial charge on any atom is 0.387 e. The zero-order valence-corrected chi connectivity index (χ0v) is 10.8. The van der Waals surface area contributed by atoms with Crippen LogP contribution >= 0.6 is 0 Å². The number of nitrogens with one attached hydrogen (secondary N) is 2. The lowest BCUT2D eigenvalue weighted by Crippen LogP contribution is -2.25. The highest BCUT2D eigenvalue weighted by atomic mass is 19.3. The number of amides is 1. The van der Waals surface area contributed by atoms with Gasteiger partial charge in [0.05, 0.1) is 0 Å². The Bertz CT molecular complexity index is 668. The fourth-order valence-electron chi connectivity index (χ4n) is 1.65. The first-order valence-electron chi connectivity index (χ1n) is 6.06. The Labute approximate surface area is 118 Å². The van der Waals surface area contributed by atoms with Gasteiger partial charge in [0.2, 0.25) is 5.56 Å². The zero-order chi connectivity index (χ0) is 15.2. The number of aromatic nitrogens is 1. The van der Waals surface area contributed by atoms with Gasteiger partial charge in [-0.25, -0.2) is 0 Å². The second-order valence-corrected chi connectivity index (χ2v) is 4.13. The second kappa shape index (κ2) is 6.65.